The van der Waals surface area contributed by atoms with Crippen molar-refractivity contribution in [2.45, 2.75) is 25.8 Å². The standard InChI is InChI=1S/C14H17N3O/c18-14(15-11-13-9-10-16-17-13)8-4-7-12-5-2-1-3-6-12/h1-3,5-6,9-10H,4,7-8,11H2,(H,15,18)(H,16,17). The molecule has 1 amide bonds. The fraction of sp³-hybridized carbons (Fsp3) is 0.286. The molecule has 0 spiro atoms. The number of nitrogens with zero attached hydrogens (tertiary/aromatic N) is 1. The van der Waals surface area contributed by atoms with Crippen LogP contribution in [0.25, 0.3) is 0 Å². The highest BCUT2D eigenvalue weighted by molar-refractivity contribution is 5.75. The Morgan fingerprint density at radius 1 is 1.22 bits per heavy atom. The molecule has 18 heavy (non-hydrogen) atoms. The van der Waals surface area contributed by atoms with E-state index < -0.39 is 0 Å². The molecule has 0 saturated heterocycles. The van der Waals surface area contributed by atoms with Gasteiger partial charge in [-0.2, -0.15) is 5.10 Å². The molecule has 94 valence electrons. The zero-order valence-corrected chi connectivity index (χ0v) is 10.2. The number of aryl methyl sites for hydroxylation is 1. The van der Waals surface area contributed by atoms with Crippen LogP contribution in [0.3, 0.4) is 0 Å². The van der Waals surface area contributed by atoms with Gasteiger partial charge in [0.2, 0.25) is 5.91 Å². The lowest BCUT2D eigenvalue weighted by atomic mass is 10.1. The maximum absolute atomic E-state index is 11.6. The lowest BCUT2D eigenvalue weighted by molar-refractivity contribution is -0.121. The molecular formula is C14H17N3O. The van der Waals surface area contributed by atoms with E-state index in [1.165, 1.54) is 5.56 Å². The molecule has 0 unspecified atom stereocenters. The van der Waals surface area contributed by atoms with E-state index in [2.05, 4.69) is 27.6 Å². The van der Waals surface area contributed by atoms with E-state index in [9.17, 15) is 4.79 Å². The Morgan fingerprint density at radius 2 is 2.06 bits per heavy atom. The van der Waals surface area contributed by atoms with Gasteiger partial charge in [0.25, 0.3) is 0 Å². The number of amides is 1. The number of carbonyl (C=O) groups is 1. The minimum absolute atomic E-state index is 0.0838. The molecule has 0 aliphatic rings. The second kappa shape index (κ2) is 6.59. The smallest absolute Gasteiger partial charge is 0.220 e. The van der Waals surface area contributed by atoms with Gasteiger partial charge in [-0.1, -0.05) is 30.3 Å². The molecule has 0 radical (unpaired) electrons. The van der Waals surface area contributed by atoms with Gasteiger partial charge in [-0.25, -0.2) is 0 Å². The van der Waals surface area contributed by atoms with Crippen molar-refractivity contribution in [3.63, 3.8) is 0 Å². The Morgan fingerprint density at radius 3 is 2.78 bits per heavy atom. The van der Waals surface area contributed by atoms with Crippen LogP contribution in [-0.2, 0) is 17.8 Å². The van der Waals surface area contributed by atoms with Crippen molar-refractivity contribution in [3.05, 3.63) is 53.9 Å². The van der Waals surface area contributed by atoms with Crippen LogP contribution in [-0.4, -0.2) is 16.1 Å². The summed E-state index contributed by atoms with van der Waals surface area (Å²) in [6.07, 6.45) is 4.05. The first-order valence-corrected chi connectivity index (χ1v) is 6.13. The van der Waals surface area contributed by atoms with Crippen molar-refractivity contribution in [2.24, 2.45) is 0 Å². The quantitative estimate of drug-likeness (QED) is 0.815. The molecule has 4 nitrogen and oxygen atoms in total. The topological polar surface area (TPSA) is 57.8 Å². The van der Waals surface area contributed by atoms with E-state index in [4.69, 9.17) is 0 Å². The first kappa shape index (κ1) is 12.4. The number of aromatic nitrogens is 2. The number of H-pyrrole nitrogens is 1. The van der Waals surface area contributed by atoms with Crippen LogP contribution in [0.1, 0.15) is 24.1 Å². The first-order valence-electron chi connectivity index (χ1n) is 6.13. The van der Waals surface area contributed by atoms with Crippen molar-refractivity contribution >= 4 is 5.91 Å². The second-order valence-electron chi connectivity index (χ2n) is 4.20. The van der Waals surface area contributed by atoms with E-state index >= 15 is 0 Å². The largest absolute Gasteiger partial charge is 0.350 e. The molecule has 1 aromatic heterocycles. The molecular weight excluding hydrogens is 226 g/mol. The summed E-state index contributed by atoms with van der Waals surface area (Å²) < 4.78 is 0. The minimum Gasteiger partial charge on any atom is -0.350 e. The highest BCUT2D eigenvalue weighted by atomic mass is 16.1. The van der Waals surface area contributed by atoms with E-state index in [1.807, 2.05) is 24.3 Å². The van der Waals surface area contributed by atoms with Crippen LogP contribution in [0.15, 0.2) is 42.6 Å². The van der Waals surface area contributed by atoms with Crippen LogP contribution in [0, 0.1) is 0 Å². The number of benzene rings is 1. The summed E-state index contributed by atoms with van der Waals surface area (Å²) in [4.78, 5) is 11.6. The SMILES string of the molecule is O=C(CCCc1ccccc1)NCc1ccn[nH]1. The second-order valence-corrected chi connectivity index (χ2v) is 4.20. The molecule has 1 aromatic carbocycles. The maximum atomic E-state index is 11.6. The van der Waals surface area contributed by atoms with Gasteiger partial charge in [0.1, 0.15) is 0 Å². The van der Waals surface area contributed by atoms with Crippen molar-refractivity contribution in [3.8, 4) is 0 Å². The van der Waals surface area contributed by atoms with Gasteiger partial charge >= 0.3 is 0 Å². The molecule has 0 aliphatic carbocycles. The van der Waals surface area contributed by atoms with Crippen molar-refractivity contribution in [1.82, 2.24) is 15.5 Å². The highest BCUT2D eigenvalue weighted by Crippen LogP contribution is 2.04. The molecule has 0 saturated carbocycles. The number of aromatic amines is 1. The van der Waals surface area contributed by atoms with Crippen LogP contribution in [0.4, 0.5) is 0 Å². The van der Waals surface area contributed by atoms with Crippen LogP contribution < -0.4 is 5.32 Å². The molecule has 2 rings (SSSR count). The predicted molar refractivity (Wildman–Crippen MR) is 69.8 cm³/mol. The Balaban J connectivity index is 1.63. The van der Waals surface area contributed by atoms with E-state index in [0.717, 1.165) is 18.5 Å². The average molecular weight is 243 g/mol. The lowest BCUT2D eigenvalue weighted by Crippen LogP contribution is -2.22. The fourth-order valence-corrected chi connectivity index (χ4v) is 1.76. The molecule has 2 aromatic rings. The monoisotopic (exact) mass is 243 g/mol. The van der Waals surface area contributed by atoms with Gasteiger partial charge in [0.15, 0.2) is 0 Å². The molecule has 0 bridgehead atoms. The molecule has 4 heteroatoms. The summed E-state index contributed by atoms with van der Waals surface area (Å²) in [5.74, 6) is 0.0838. The normalized spacial score (nSPS) is 10.2. The maximum Gasteiger partial charge on any atom is 0.220 e. The Labute approximate surface area is 106 Å². The number of hydrogen-bond acceptors (Lipinski definition) is 2. The van der Waals surface area contributed by atoms with Gasteiger partial charge in [-0.3, -0.25) is 9.89 Å². The van der Waals surface area contributed by atoms with Crippen LogP contribution in [0.5, 0.6) is 0 Å². The third-order valence-electron chi connectivity index (χ3n) is 2.75. The van der Waals surface area contributed by atoms with Gasteiger partial charge < -0.3 is 5.32 Å². The van der Waals surface area contributed by atoms with E-state index in [0.29, 0.717) is 13.0 Å². The molecule has 0 fully saturated rings. The summed E-state index contributed by atoms with van der Waals surface area (Å²) in [6.45, 7) is 0.518. The summed E-state index contributed by atoms with van der Waals surface area (Å²) in [7, 11) is 0. The lowest BCUT2D eigenvalue weighted by Gasteiger charge is -2.03. The van der Waals surface area contributed by atoms with Gasteiger partial charge in [0, 0.05) is 12.6 Å². The Hall–Kier alpha value is -2.10. The summed E-state index contributed by atoms with van der Waals surface area (Å²) in [5, 5.41) is 9.50. The summed E-state index contributed by atoms with van der Waals surface area (Å²) in [5.41, 5.74) is 2.20. The Bertz CT molecular complexity index is 465. The number of nitrogens with one attached hydrogen (secondary N) is 2. The average Bonchev–Trinajstić information content (AvgIpc) is 2.91. The summed E-state index contributed by atoms with van der Waals surface area (Å²) >= 11 is 0. The Kier molecular flexibility index (Phi) is 4.53. The summed E-state index contributed by atoms with van der Waals surface area (Å²) in [6, 6.07) is 12.1. The number of hydrogen-bond donors (Lipinski definition) is 2. The van der Waals surface area contributed by atoms with Crippen LogP contribution in [0.2, 0.25) is 0 Å². The van der Waals surface area contributed by atoms with E-state index in [1.54, 1.807) is 6.20 Å². The zero-order valence-electron chi connectivity index (χ0n) is 10.2. The number of carbonyl (C=O) groups excluding carboxylic acids is 1. The molecule has 1 heterocycles. The molecule has 0 aliphatic heterocycles. The fourth-order valence-electron chi connectivity index (χ4n) is 1.76. The van der Waals surface area contributed by atoms with Crippen LogP contribution >= 0.6 is 0 Å². The van der Waals surface area contributed by atoms with Gasteiger partial charge in [0.05, 0.1) is 12.2 Å². The molecule has 2 N–H and O–H groups in total. The van der Waals surface area contributed by atoms with Crippen molar-refractivity contribution in [2.75, 3.05) is 0 Å². The highest BCUT2D eigenvalue weighted by Gasteiger charge is 2.02. The van der Waals surface area contributed by atoms with E-state index in [-0.39, 0.29) is 5.91 Å². The zero-order chi connectivity index (χ0) is 12.6. The first-order chi connectivity index (χ1) is 8.84. The van der Waals surface area contributed by atoms with Crippen molar-refractivity contribution < 1.29 is 4.79 Å². The minimum atomic E-state index is 0.0838. The third-order valence-corrected chi connectivity index (χ3v) is 2.75. The third kappa shape index (κ3) is 4.05. The number of rotatable bonds is 6. The predicted octanol–water partition coefficient (Wildman–Crippen LogP) is 2.05. The molecule has 0 atom stereocenters. The van der Waals surface area contributed by atoms with Crippen molar-refractivity contribution in [1.29, 1.82) is 0 Å². The van der Waals surface area contributed by atoms with Gasteiger partial charge in [-0.15, -0.1) is 0 Å². The van der Waals surface area contributed by atoms with Gasteiger partial charge in [-0.05, 0) is 24.5 Å².